The number of nitrogens with two attached hydrogens (primary N) is 1. The third-order valence-electron chi connectivity index (χ3n) is 4.10. The second-order valence-electron chi connectivity index (χ2n) is 6.82. The molecule has 0 atom stereocenters. The third-order valence-corrected chi connectivity index (χ3v) is 5.46. The van der Waals surface area contributed by atoms with Gasteiger partial charge in [0.2, 0.25) is 0 Å². The number of nitrogens with one attached hydrogen (secondary N) is 1. The fourth-order valence-electron chi connectivity index (χ4n) is 2.52. The maximum absolute atomic E-state index is 12.8. The first kappa shape index (κ1) is 27.8. The molecule has 0 radical (unpaired) electrons. The van der Waals surface area contributed by atoms with Gasteiger partial charge in [-0.25, -0.2) is 4.98 Å². The molecular formula is C22H28ClF3N4OS. The highest BCUT2D eigenvalue weighted by molar-refractivity contribution is 8.03. The van der Waals surface area contributed by atoms with Gasteiger partial charge >= 0.3 is 6.18 Å². The maximum Gasteiger partial charge on any atom is 0.433 e. The minimum Gasteiger partial charge on any atom is -0.397 e. The molecule has 0 unspecified atom stereocenters. The number of carbonyl (C=O) groups excluding carboxylic acids is 1. The average molecular weight is 489 g/mol. The van der Waals surface area contributed by atoms with E-state index in [1.54, 1.807) is 19.9 Å². The number of aryl methyl sites for hydroxylation is 1. The number of hydrogen-bond donors (Lipinski definition) is 2. The summed E-state index contributed by atoms with van der Waals surface area (Å²) in [7, 11) is 0. The quantitative estimate of drug-likeness (QED) is 0.315. The summed E-state index contributed by atoms with van der Waals surface area (Å²) in [5.74, 6) is 0.0393. The van der Waals surface area contributed by atoms with Crippen molar-refractivity contribution in [2.24, 2.45) is 10.7 Å². The van der Waals surface area contributed by atoms with E-state index in [-0.39, 0.29) is 17.7 Å². The molecule has 0 spiro atoms. The molecule has 1 aromatic heterocycles. The van der Waals surface area contributed by atoms with Crippen molar-refractivity contribution in [2.75, 3.05) is 5.75 Å². The van der Waals surface area contributed by atoms with E-state index < -0.39 is 17.8 Å². The Labute approximate surface area is 196 Å². The van der Waals surface area contributed by atoms with Crippen LogP contribution >= 0.6 is 23.4 Å². The summed E-state index contributed by atoms with van der Waals surface area (Å²) >= 11 is 7.77. The predicted molar refractivity (Wildman–Crippen MR) is 126 cm³/mol. The van der Waals surface area contributed by atoms with Crippen LogP contribution in [-0.2, 0) is 6.18 Å². The lowest BCUT2D eigenvalue weighted by molar-refractivity contribution is -0.141. The molecule has 176 valence electrons. The number of alkyl halides is 3. The Balaban J connectivity index is 3.10. The highest BCUT2D eigenvalue weighted by atomic mass is 35.5. The zero-order valence-corrected chi connectivity index (χ0v) is 20.3. The maximum atomic E-state index is 12.8. The van der Waals surface area contributed by atoms with Crippen molar-refractivity contribution in [1.29, 1.82) is 0 Å². The molecular weight excluding hydrogens is 461 g/mol. The molecule has 3 N–H and O–H groups in total. The second-order valence-corrected chi connectivity index (χ2v) is 8.55. The molecule has 0 bridgehead atoms. The van der Waals surface area contributed by atoms with Gasteiger partial charge in [0.15, 0.2) is 0 Å². The number of allylic oxidation sites excluding steroid dienone is 4. The number of amides is 1. The SMILES string of the molecule is CC/C=C\C(N)=C(/C)N=C(C)C/C(Cl)=C(/NC(=O)c1ccc(C(F)(F)F)nc1C)SCC. The summed E-state index contributed by atoms with van der Waals surface area (Å²) in [5, 5.41) is 3.46. The second kappa shape index (κ2) is 12.7. The fourth-order valence-corrected chi connectivity index (χ4v) is 3.60. The Hall–Kier alpha value is -2.26. The average Bonchev–Trinajstić information content (AvgIpc) is 2.70. The fraction of sp³-hybridized carbons (Fsp3) is 0.409. The molecule has 1 amide bonds. The molecule has 5 nitrogen and oxygen atoms in total. The standard InChI is InChI=1S/C22H28ClF3N4OS/c1-6-8-9-18(27)15(5)28-13(3)12-17(23)21(32-7-2)30-20(31)16-10-11-19(22(24,25)26)29-14(16)4/h8-11H,6-7,12,27H2,1-5H3,(H,30,31)/b9-8-,18-15-,21-17+,28-13?. The molecule has 0 fully saturated rings. The van der Waals surface area contributed by atoms with Crippen molar-refractivity contribution in [1.82, 2.24) is 10.3 Å². The molecule has 1 rings (SSSR count). The summed E-state index contributed by atoms with van der Waals surface area (Å²) in [6.07, 6.45) is 0.279. The monoisotopic (exact) mass is 488 g/mol. The highest BCUT2D eigenvalue weighted by Crippen LogP contribution is 2.29. The van der Waals surface area contributed by atoms with Gasteiger partial charge < -0.3 is 11.1 Å². The first-order valence-corrected chi connectivity index (χ1v) is 11.3. The van der Waals surface area contributed by atoms with Gasteiger partial charge in [-0.1, -0.05) is 31.5 Å². The number of carbonyl (C=O) groups is 1. The number of nitrogens with zero attached hydrogens (tertiary/aromatic N) is 2. The number of aromatic nitrogens is 1. The topological polar surface area (TPSA) is 80.4 Å². The van der Waals surface area contributed by atoms with Crippen LogP contribution in [0.2, 0.25) is 0 Å². The summed E-state index contributed by atoms with van der Waals surface area (Å²) < 4.78 is 38.5. The van der Waals surface area contributed by atoms with Crippen LogP contribution in [0.5, 0.6) is 0 Å². The lowest BCUT2D eigenvalue weighted by Gasteiger charge is -2.14. The normalized spacial score (nSPS) is 14.3. The Morgan fingerprint density at radius 1 is 1.31 bits per heavy atom. The van der Waals surface area contributed by atoms with E-state index >= 15 is 0 Å². The van der Waals surface area contributed by atoms with Gasteiger partial charge in [0.1, 0.15) is 5.69 Å². The molecule has 0 aliphatic rings. The van der Waals surface area contributed by atoms with Crippen LogP contribution in [0.25, 0.3) is 0 Å². The lowest BCUT2D eigenvalue weighted by atomic mass is 10.1. The Bertz CT molecular complexity index is 953. The first-order valence-electron chi connectivity index (χ1n) is 9.95. The van der Waals surface area contributed by atoms with E-state index in [2.05, 4.69) is 15.3 Å². The molecule has 0 saturated heterocycles. The summed E-state index contributed by atoms with van der Waals surface area (Å²) in [5.41, 5.74) is 6.83. The van der Waals surface area contributed by atoms with Crippen molar-refractivity contribution in [3.05, 3.63) is 62.7 Å². The number of pyridine rings is 1. The molecule has 0 aliphatic carbocycles. The molecule has 0 aromatic carbocycles. The summed E-state index contributed by atoms with van der Waals surface area (Å²) in [6, 6.07) is 1.89. The number of hydrogen-bond acceptors (Lipinski definition) is 5. The molecule has 1 heterocycles. The number of thioether (sulfide) groups is 1. The highest BCUT2D eigenvalue weighted by Gasteiger charge is 2.33. The largest absolute Gasteiger partial charge is 0.433 e. The van der Waals surface area contributed by atoms with Crippen LogP contribution in [0.15, 0.2) is 50.7 Å². The Kier molecular flexibility index (Phi) is 11.0. The molecule has 10 heteroatoms. The molecule has 0 saturated carbocycles. The lowest BCUT2D eigenvalue weighted by Crippen LogP contribution is -2.24. The van der Waals surface area contributed by atoms with E-state index in [9.17, 15) is 18.0 Å². The van der Waals surface area contributed by atoms with Crippen molar-refractivity contribution in [3.63, 3.8) is 0 Å². The molecule has 1 aromatic rings. The summed E-state index contributed by atoms with van der Waals surface area (Å²) in [4.78, 5) is 20.6. The zero-order chi connectivity index (χ0) is 24.5. The van der Waals surface area contributed by atoms with Crippen LogP contribution in [0.1, 0.15) is 62.3 Å². The van der Waals surface area contributed by atoms with Gasteiger partial charge in [-0.3, -0.25) is 9.79 Å². The number of aliphatic imine (C=N–C) groups is 1. The van der Waals surface area contributed by atoms with Crippen LogP contribution < -0.4 is 11.1 Å². The Morgan fingerprint density at radius 2 is 1.97 bits per heavy atom. The van der Waals surface area contributed by atoms with Gasteiger partial charge in [0.05, 0.1) is 32.7 Å². The minimum atomic E-state index is -4.58. The van der Waals surface area contributed by atoms with E-state index in [0.717, 1.165) is 18.6 Å². The van der Waals surface area contributed by atoms with Crippen molar-refractivity contribution in [3.8, 4) is 0 Å². The van der Waals surface area contributed by atoms with Gasteiger partial charge in [0.25, 0.3) is 5.91 Å². The van der Waals surface area contributed by atoms with Crippen LogP contribution in [0, 0.1) is 6.92 Å². The van der Waals surface area contributed by atoms with Crippen LogP contribution in [0.4, 0.5) is 13.2 Å². The predicted octanol–water partition coefficient (Wildman–Crippen LogP) is 6.31. The third kappa shape index (κ3) is 8.70. The van der Waals surface area contributed by atoms with E-state index in [0.29, 0.717) is 32.9 Å². The van der Waals surface area contributed by atoms with Gasteiger partial charge in [-0.15, -0.1) is 11.8 Å². The van der Waals surface area contributed by atoms with E-state index in [1.165, 1.54) is 18.7 Å². The van der Waals surface area contributed by atoms with Crippen molar-refractivity contribution < 1.29 is 18.0 Å². The van der Waals surface area contributed by atoms with E-state index in [1.807, 2.05) is 19.9 Å². The van der Waals surface area contributed by atoms with Gasteiger partial charge in [0, 0.05) is 12.1 Å². The molecule has 0 aliphatic heterocycles. The van der Waals surface area contributed by atoms with Crippen LogP contribution in [0.3, 0.4) is 0 Å². The smallest absolute Gasteiger partial charge is 0.397 e. The van der Waals surface area contributed by atoms with E-state index in [4.69, 9.17) is 17.3 Å². The van der Waals surface area contributed by atoms with Gasteiger partial charge in [-0.05, 0) is 51.2 Å². The van der Waals surface area contributed by atoms with Crippen molar-refractivity contribution >= 4 is 35.0 Å². The van der Waals surface area contributed by atoms with Gasteiger partial charge in [-0.2, -0.15) is 13.2 Å². The summed E-state index contributed by atoms with van der Waals surface area (Å²) in [6.45, 7) is 8.83. The van der Waals surface area contributed by atoms with Crippen LogP contribution in [-0.4, -0.2) is 22.4 Å². The minimum absolute atomic E-state index is 0.0246. The number of halogens is 4. The first-order chi connectivity index (χ1) is 14.9. The zero-order valence-electron chi connectivity index (χ0n) is 18.7. The Morgan fingerprint density at radius 3 is 2.50 bits per heavy atom. The van der Waals surface area contributed by atoms with Crippen molar-refractivity contribution in [2.45, 2.75) is 53.6 Å². The molecule has 32 heavy (non-hydrogen) atoms. The number of rotatable bonds is 9.